The molecule has 2 fully saturated rings. The highest BCUT2D eigenvalue weighted by atomic mass is 19.4. The van der Waals surface area contributed by atoms with Gasteiger partial charge in [0, 0.05) is 49.4 Å². The lowest BCUT2D eigenvalue weighted by Gasteiger charge is -2.24. The van der Waals surface area contributed by atoms with Crippen molar-refractivity contribution >= 4 is 34.7 Å². The van der Waals surface area contributed by atoms with Crippen molar-refractivity contribution in [1.82, 2.24) is 19.9 Å². The molecule has 0 saturated carbocycles. The number of aryl methyl sites for hydroxylation is 1. The van der Waals surface area contributed by atoms with Crippen molar-refractivity contribution in [2.45, 2.75) is 50.9 Å². The molecule has 14 heteroatoms. The van der Waals surface area contributed by atoms with Crippen LogP contribution in [0.4, 0.5) is 30.4 Å². The van der Waals surface area contributed by atoms with Crippen LogP contribution in [0.25, 0.3) is 5.65 Å². The molecule has 1 aromatic carbocycles. The van der Waals surface area contributed by atoms with Gasteiger partial charge in [-0.3, -0.25) is 4.79 Å². The third-order valence-electron chi connectivity index (χ3n) is 6.57. The van der Waals surface area contributed by atoms with E-state index in [-0.39, 0.29) is 5.91 Å². The van der Waals surface area contributed by atoms with Crippen molar-refractivity contribution in [2.24, 2.45) is 0 Å². The van der Waals surface area contributed by atoms with E-state index in [9.17, 15) is 18.0 Å². The number of amides is 1. The number of anilines is 3. The summed E-state index contributed by atoms with van der Waals surface area (Å²) in [6.45, 7) is 5.57. The van der Waals surface area contributed by atoms with Crippen LogP contribution in [0.2, 0.25) is 0 Å². The zero-order chi connectivity index (χ0) is 28.7. The van der Waals surface area contributed by atoms with E-state index in [4.69, 9.17) is 14.6 Å². The van der Waals surface area contributed by atoms with Gasteiger partial charge in [0.1, 0.15) is 11.4 Å². The zero-order valence-electron chi connectivity index (χ0n) is 21.9. The van der Waals surface area contributed by atoms with E-state index in [0.29, 0.717) is 23.3 Å². The van der Waals surface area contributed by atoms with Crippen LogP contribution in [-0.4, -0.2) is 76.1 Å². The summed E-state index contributed by atoms with van der Waals surface area (Å²) in [6, 6.07) is 8.68. The van der Waals surface area contributed by atoms with Crippen molar-refractivity contribution in [3.8, 4) is 0 Å². The van der Waals surface area contributed by atoms with Crippen LogP contribution < -0.4 is 21.3 Å². The smallest absolute Gasteiger partial charge is 0.475 e. The molecule has 3 aromatic rings. The number of carbonyl (C=O) groups is 2. The SMILES string of the molecule is Cc1cc(NC2CCOCC2)ccc1NC(=O)c1cnn2ccc(N[C@@H]3CCCNC3)nc12.O=C(O)C(F)(F)F. The molecule has 2 aromatic heterocycles. The Morgan fingerprint density at radius 2 is 1.88 bits per heavy atom. The third kappa shape index (κ3) is 7.82. The monoisotopic (exact) mass is 563 g/mol. The van der Waals surface area contributed by atoms with E-state index in [1.165, 1.54) is 0 Å². The fraction of sp³-hybridized carbons (Fsp3) is 0.462. The minimum Gasteiger partial charge on any atom is -0.475 e. The molecule has 2 aliphatic rings. The van der Waals surface area contributed by atoms with Gasteiger partial charge >= 0.3 is 12.1 Å². The van der Waals surface area contributed by atoms with E-state index < -0.39 is 12.1 Å². The molecule has 0 spiro atoms. The van der Waals surface area contributed by atoms with Gasteiger partial charge < -0.3 is 31.1 Å². The minimum absolute atomic E-state index is 0.220. The second-order valence-corrected chi connectivity index (χ2v) is 9.64. The molecule has 2 aliphatic heterocycles. The number of hydrogen-bond acceptors (Lipinski definition) is 8. The molecule has 0 aliphatic carbocycles. The zero-order valence-corrected chi connectivity index (χ0v) is 21.9. The number of alkyl halides is 3. The molecule has 0 bridgehead atoms. The molecule has 40 heavy (non-hydrogen) atoms. The van der Waals surface area contributed by atoms with E-state index in [0.717, 1.165) is 74.7 Å². The maximum Gasteiger partial charge on any atom is 0.490 e. The van der Waals surface area contributed by atoms with E-state index in [2.05, 4.69) is 37.4 Å². The largest absolute Gasteiger partial charge is 0.490 e. The van der Waals surface area contributed by atoms with Crippen molar-refractivity contribution < 1.29 is 32.6 Å². The van der Waals surface area contributed by atoms with Gasteiger partial charge in [-0.2, -0.15) is 18.3 Å². The number of nitrogens with zero attached hydrogens (tertiary/aromatic N) is 3. The van der Waals surface area contributed by atoms with Gasteiger partial charge in [0.15, 0.2) is 5.65 Å². The number of halogens is 3. The Kier molecular flexibility index (Phi) is 9.42. The molecule has 5 rings (SSSR count). The summed E-state index contributed by atoms with van der Waals surface area (Å²) in [7, 11) is 0. The first-order valence-electron chi connectivity index (χ1n) is 13.0. The fourth-order valence-electron chi connectivity index (χ4n) is 4.45. The van der Waals surface area contributed by atoms with Gasteiger partial charge in [0.05, 0.1) is 6.20 Å². The molecular weight excluding hydrogens is 531 g/mol. The number of aliphatic carboxylic acids is 1. The van der Waals surface area contributed by atoms with Crippen LogP contribution in [0.1, 0.15) is 41.6 Å². The highest BCUT2D eigenvalue weighted by molar-refractivity contribution is 6.08. The number of fused-ring (bicyclic) bond motifs is 1. The summed E-state index contributed by atoms with van der Waals surface area (Å²) in [5.41, 5.74) is 3.82. The number of carboxylic acids is 1. The Morgan fingerprint density at radius 1 is 1.12 bits per heavy atom. The maximum absolute atomic E-state index is 13.1. The van der Waals surface area contributed by atoms with Crippen LogP contribution in [0, 0.1) is 6.92 Å². The first kappa shape index (κ1) is 29.1. The summed E-state index contributed by atoms with van der Waals surface area (Å²) >= 11 is 0. The first-order chi connectivity index (χ1) is 19.1. The number of rotatable bonds is 6. The molecule has 4 heterocycles. The van der Waals surface area contributed by atoms with E-state index in [1.54, 1.807) is 10.7 Å². The molecule has 1 atom stereocenters. The van der Waals surface area contributed by atoms with Crippen LogP contribution >= 0.6 is 0 Å². The third-order valence-corrected chi connectivity index (χ3v) is 6.57. The van der Waals surface area contributed by atoms with Crippen LogP contribution in [-0.2, 0) is 9.53 Å². The molecule has 216 valence electrons. The molecule has 1 amide bonds. The second-order valence-electron chi connectivity index (χ2n) is 9.64. The van der Waals surface area contributed by atoms with Crippen LogP contribution in [0.3, 0.4) is 0 Å². The summed E-state index contributed by atoms with van der Waals surface area (Å²) in [4.78, 5) is 26.7. The van der Waals surface area contributed by atoms with Crippen molar-refractivity contribution in [2.75, 3.05) is 42.3 Å². The number of benzene rings is 1. The second kappa shape index (κ2) is 13.0. The molecule has 11 nitrogen and oxygen atoms in total. The Labute approximate surface area is 228 Å². The number of carbonyl (C=O) groups excluding carboxylic acids is 1. The predicted octanol–water partition coefficient (Wildman–Crippen LogP) is 3.68. The van der Waals surface area contributed by atoms with Crippen molar-refractivity contribution in [3.05, 3.63) is 47.8 Å². The topological polar surface area (TPSA) is 142 Å². The number of nitrogens with one attached hydrogen (secondary N) is 4. The van der Waals surface area contributed by atoms with Crippen LogP contribution in [0.5, 0.6) is 0 Å². The Hall–Kier alpha value is -3.91. The average molecular weight is 564 g/mol. The standard InChI is InChI=1S/C24H31N7O2.C2HF3O2/c1-16-13-18(27-17-7-11-33-12-8-17)4-5-21(16)29-24(32)20-15-26-31-10-6-22(30-23(20)31)28-19-3-2-9-25-14-19;3-2(4,5)1(6)7/h4-6,10,13,15,17,19,25,27H,2-3,7-9,11-12,14H2,1H3,(H,28,30)(H,29,32);(H,6,7)/t19-;/m1./s1. The van der Waals surface area contributed by atoms with Gasteiger partial charge in [-0.05, 0) is 69.0 Å². The molecule has 0 radical (unpaired) electrons. The lowest BCUT2D eigenvalue weighted by Crippen LogP contribution is -2.38. The lowest BCUT2D eigenvalue weighted by atomic mass is 10.1. The lowest BCUT2D eigenvalue weighted by molar-refractivity contribution is -0.192. The Bertz CT molecular complexity index is 1320. The molecule has 5 N–H and O–H groups in total. The fourth-order valence-corrected chi connectivity index (χ4v) is 4.45. The first-order valence-corrected chi connectivity index (χ1v) is 13.0. The summed E-state index contributed by atoms with van der Waals surface area (Å²) in [5, 5.41) is 24.9. The highest BCUT2D eigenvalue weighted by Gasteiger charge is 2.38. The highest BCUT2D eigenvalue weighted by Crippen LogP contribution is 2.23. The summed E-state index contributed by atoms with van der Waals surface area (Å²) in [5.74, 6) is -2.22. The maximum atomic E-state index is 13.1. The van der Waals surface area contributed by atoms with Gasteiger partial charge in [-0.25, -0.2) is 14.3 Å². The molecular formula is C26H32F3N7O4. The molecule has 0 unspecified atom stereocenters. The Morgan fingerprint density at radius 3 is 2.52 bits per heavy atom. The van der Waals surface area contributed by atoms with Gasteiger partial charge in [0.2, 0.25) is 0 Å². The normalized spacial score (nSPS) is 17.9. The van der Waals surface area contributed by atoms with Crippen molar-refractivity contribution in [3.63, 3.8) is 0 Å². The summed E-state index contributed by atoms with van der Waals surface area (Å²) in [6.07, 6.45) is 2.58. The number of piperidine rings is 1. The molecule has 2 saturated heterocycles. The minimum atomic E-state index is -5.08. The van der Waals surface area contributed by atoms with Gasteiger partial charge in [-0.15, -0.1) is 0 Å². The average Bonchev–Trinajstić information content (AvgIpc) is 3.35. The van der Waals surface area contributed by atoms with Crippen molar-refractivity contribution in [1.29, 1.82) is 0 Å². The predicted molar refractivity (Wildman–Crippen MR) is 143 cm³/mol. The van der Waals surface area contributed by atoms with Gasteiger partial charge in [0.25, 0.3) is 5.91 Å². The van der Waals surface area contributed by atoms with Crippen LogP contribution in [0.15, 0.2) is 36.7 Å². The number of hydrogen-bond donors (Lipinski definition) is 5. The number of carboxylic acid groups (broad SMARTS) is 1. The quantitative estimate of drug-likeness (QED) is 0.304. The van der Waals surface area contributed by atoms with E-state index >= 15 is 0 Å². The van der Waals surface area contributed by atoms with Gasteiger partial charge in [-0.1, -0.05) is 0 Å². The number of ether oxygens (including phenoxy) is 1. The number of aromatic nitrogens is 3. The summed E-state index contributed by atoms with van der Waals surface area (Å²) < 4.78 is 38.8. The Balaban J connectivity index is 0.000000470. The van der Waals surface area contributed by atoms with E-state index in [1.807, 2.05) is 31.3 Å².